The van der Waals surface area contributed by atoms with E-state index in [1.54, 1.807) is 12.1 Å². The number of hydrogen-bond donors (Lipinski definition) is 0. The number of benzene rings is 1. The molecule has 0 unspecified atom stereocenters. The Morgan fingerprint density at radius 3 is 2.21 bits per heavy atom. The summed E-state index contributed by atoms with van der Waals surface area (Å²) in [6.07, 6.45) is 0. The van der Waals surface area contributed by atoms with Crippen LogP contribution in [-0.2, 0) is 19.1 Å². The zero-order chi connectivity index (χ0) is 14.3. The molecule has 0 fully saturated rings. The molecule has 1 rings (SSSR count). The lowest BCUT2D eigenvalue weighted by molar-refractivity contribution is -0.272. The minimum atomic E-state index is -0.381. The van der Waals surface area contributed by atoms with Gasteiger partial charge in [-0.1, -0.05) is 11.8 Å². The van der Waals surface area contributed by atoms with E-state index in [-0.39, 0.29) is 29.2 Å². The van der Waals surface area contributed by atoms with Crippen LogP contribution >= 0.6 is 23.5 Å². The predicted molar refractivity (Wildman–Crippen MR) is 71.4 cm³/mol. The van der Waals surface area contributed by atoms with Crippen molar-refractivity contribution in [2.75, 3.05) is 25.7 Å². The Morgan fingerprint density at radius 1 is 1.11 bits per heavy atom. The quantitative estimate of drug-likeness (QED) is 0.579. The fraction of sp³-hybridized carbons (Fsp3) is 0.333. The number of carbonyl (C=O) groups excluding carboxylic acids is 2. The number of carbonyl (C=O) groups is 2. The molecular weight excluding hydrogens is 288 g/mol. The average Bonchev–Trinajstić information content (AvgIpc) is 2.43. The van der Waals surface area contributed by atoms with E-state index in [1.165, 1.54) is 32.0 Å². The van der Waals surface area contributed by atoms with Crippen molar-refractivity contribution in [3.8, 4) is 5.75 Å². The summed E-state index contributed by atoms with van der Waals surface area (Å²) in [6.45, 7) is 0. The third kappa shape index (κ3) is 5.44. The molecule has 0 atom stereocenters. The molecule has 5 nitrogen and oxygen atoms in total. The lowest BCUT2D eigenvalue weighted by Gasteiger charge is -2.14. The molecule has 0 aliphatic heterocycles. The van der Waals surface area contributed by atoms with Crippen LogP contribution in [0.4, 0.5) is 0 Å². The van der Waals surface area contributed by atoms with Crippen molar-refractivity contribution in [2.45, 2.75) is 9.79 Å². The molecule has 1 aromatic rings. The van der Waals surface area contributed by atoms with Crippen LogP contribution < -0.4 is 5.11 Å². The van der Waals surface area contributed by atoms with Gasteiger partial charge >= 0.3 is 11.9 Å². The Morgan fingerprint density at radius 2 is 1.68 bits per heavy atom. The molecule has 0 saturated heterocycles. The number of thioether (sulfide) groups is 2. The predicted octanol–water partition coefficient (Wildman–Crippen LogP) is 1.29. The standard InChI is InChI=1S/C12H14O5S2/c1-16-11(14)6-18-8-3-4-10(9(13)5-8)19-7-12(15)17-2/h3-5,13H,6-7H2,1-2H3/p-1. The van der Waals surface area contributed by atoms with Crippen LogP contribution in [0.15, 0.2) is 28.0 Å². The first kappa shape index (κ1) is 15.7. The summed E-state index contributed by atoms with van der Waals surface area (Å²) in [6, 6.07) is 4.80. The molecule has 0 spiro atoms. The van der Waals surface area contributed by atoms with Crippen LogP contribution in [0.25, 0.3) is 0 Å². The molecule has 0 aliphatic rings. The summed E-state index contributed by atoms with van der Waals surface area (Å²) in [4.78, 5) is 23.1. The SMILES string of the molecule is COC(=O)CSc1ccc(SCC(=O)OC)c([O-])c1. The maximum atomic E-state index is 11.8. The van der Waals surface area contributed by atoms with Crippen molar-refractivity contribution in [3.63, 3.8) is 0 Å². The van der Waals surface area contributed by atoms with Crippen molar-refractivity contribution in [3.05, 3.63) is 18.2 Å². The van der Waals surface area contributed by atoms with E-state index in [0.29, 0.717) is 9.79 Å². The Balaban J connectivity index is 2.59. The summed E-state index contributed by atoms with van der Waals surface area (Å²) in [7, 11) is 2.61. The highest BCUT2D eigenvalue weighted by Gasteiger charge is 2.05. The van der Waals surface area contributed by atoms with Crippen molar-refractivity contribution in [1.29, 1.82) is 0 Å². The summed E-state index contributed by atoms with van der Waals surface area (Å²) in [5, 5.41) is 11.8. The highest BCUT2D eigenvalue weighted by Crippen LogP contribution is 2.30. The van der Waals surface area contributed by atoms with E-state index < -0.39 is 0 Å². The van der Waals surface area contributed by atoms with E-state index in [0.717, 1.165) is 11.8 Å². The van der Waals surface area contributed by atoms with Gasteiger partial charge in [0.1, 0.15) is 0 Å². The van der Waals surface area contributed by atoms with Crippen LogP contribution in [0, 0.1) is 0 Å². The van der Waals surface area contributed by atoms with E-state index in [4.69, 9.17) is 0 Å². The van der Waals surface area contributed by atoms with Gasteiger partial charge < -0.3 is 14.6 Å². The summed E-state index contributed by atoms with van der Waals surface area (Å²) < 4.78 is 9.01. The molecule has 0 aliphatic carbocycles. The molecule has 19 heavy (non-hydrogen) atoms. The fourth-order valence-corrected chi connectivity index (χ4v) is 2.61. The van der Waals surface area contributed by atoms with Crippen molar-refractivity contribution in [2.24, 2.45) is 0 Å². The fourth-order valence-electron chi connectivity index (χ4n) is 1.09. The number of ether oxygens (including phenoxy) is 2. The van der Waals surface area contributed by atoms with Gasteiger partial charge in [-0.3, -0.25) is 9.59 Å². The van der Waals surface area contributed by atoms with Crippen molar-refractivity contribution < 1.29 is 24.2 Å². The van der Waals surface area contributed by atoms with Gasteiger partial charge in [0.2, 0.25) is 0 Å². The van der Waals surface area contributed by atoms with Crippen LogP contribution in [0.5, 0.6) is 5.75 Å². The second-order valence-corrected chi connectivity index (χ2v) is 5.40. The van der Waals surface area contributed by atoms with Crippen LogP contribution in [0.1, 0.15) is 0 Å². The highest BCUT2D eigenvalue weighted by atomic mass is 32.2. The van der Waals surface area contributed by atoms with Crippen LogP contribution in [0.2, 0.25) is 0 Å². The molecule has 0 N–H and O–H groups in total. The zero-order valence-electron chi connectivity index (χ0n) is 10.5. The maximum Gasteiger partial charge on any atom is 0.315 e. The third-order valence-electron chi connectivity index (χ3n) is 2.07. The molecule has 0 bridgehead atoms. The van der Waals surface area contributed by atoms with Gasteiger partial charge in [-0.25, -0.2) is 0 Å². The highest BCUT2D eigenvalue weighted by molar-refractivity contribution is 8.00. The van der Waals surface area contributed by atoms with Crippen LogP contribution in [0.3, 0.4) is 0 Å². The second kappa shape index (κ2) is 7.96. The smallest absolute Gasteiger partial charge is 0.315 e. The van der Waals surface area contributed by atoms with E-state index in [2.05, 4.69) is 9.47 Å². The van der Waals surface area contributed by atoms with Gasteiger partial charge in [-0.05, 0) is 17.0 Å². The van der Waals surface area contributed by atoms with Gasteiger partial charge in [0.25, 0.3) is 0 Å². The third-order valence-corrected chi connectivity index (χ3v) is 4.07. The zero-order valence-corrected chi connectivity index (χ0v) is 12.1. The van der Waals surface area contributed by atoms with Gasteiger partial charge in [-0.2, -0.15) is 0 Å². The average molecular weight is 301 g/mol. The first-order valence-corrected chi connectivity index (χ1v) is 7.24. The van der Waals surface area contributed by atoms with Gasteiger partial charge in [0.15, 0.2) is 0 Å². The monoisotopic (exact) mass is 301 g/mol. The summed E-state index contributed by atoms with van der Waals surface area (Å²) >= 11 is 2.36. The summed E-state index contributed by atoms with van der Waals surface area (Å²) in [5.74, 6) is -0.649. The largest absolute Gasteiger partial charge is 0.872 e. The second-order valence-electron chi connectivity index (χ2n) is 3.34. The molecule has 0 radical (unpaired) electrons. The molecule has 0 saturated carbocycles. The number of methoxy groups -OCH3 is 2. The van der Waals surface area contributed by atoms with Gasteiger partial charge in [0.05, 0.1) is 25.7 Å². The maximum absolute atomic E-state index is 11.8. The van der Waals surface area contributed by atoms with E-state index in [1.807, 2.05) is 0 Å². The summed E-state index contributed by atoms with van der Waals surface area (Å²) in [5.41, 5.74) is 0. The molecule has 0 heterocycles. The molecule has 1 aromatic carbocycles. The normalized spacial score (nSPS) is 10.0. The van der Waals surface area contributed by atoms with Crippen molar-refractivity contribution in [1.82, 2.24) is 0 Å². The molecule has 0 amide bonds. The molecular formula is C12H13O5S2-. The number of hydrogen-bond acceptors (Lipinski definition) is 7. The molecule has 0 aromatic heterocycles. The topological polar surface area (TPSA) is 75.7 Å². The van der Waals surface area contributed by atoms with E-state index in [9.17, 15) is 14.7 Å². The molecule has 104 valence electrons. The van der Waals surface area contributed by atoms with Crippen molar-refractivity contribution >= 4 is 35.5 Å². The lowest BCUT2D eigenvalue weighted by Crippen LogP contribution is -2.04. The first-order valence-electron chi connectivity index (χ1n) is 5.27. The minimum absolute atomic E-state index is 0.0976. The lowest BCUT2D eigenvalue weighted by atomic mass is 10.3. The van der Waals surface area contributed by atoms with Gasteiger partial charge in [-0.15, -0.1) is 23.5 Å². The number of rotatable bonds is 6. The first-order chi connectivity index (χ1) is 9.06. The Bertz CT molecular complexity index is 461. The Kier molecular flexibility index (Phi) is 6.58. The minimum Gasteiger partial charge on any atom is -0.872 e. The number of esters is 2. The Labute approximate surface area is 119 Å². The van der Waals surface area contributed by atoms with Crippen LogP contribution in [-0.4, -0.2) is 37.7 Å². The van der Waals surface area contributed by atoms with Gasteiger partial charge in [0, 0.05) is 4.90 Å². The van der Waals surface area contributed by atoms with E-state index >= 15 is 0 Å². The Hall–Kier alpha value is -1.34. The molecule has 7 heteroatoms.